The van der Waals surface area contributed by atoms with Crippen molar-refractivity contribution in [1.82, 2.24) is 10.6 Å². The van der Waals surface area contributed by atoms with Crippen LogP contribution in [0.4, 0.5) is 0 Å². The van der Waals surface area contributed by atoms with Gasteiger partial charge in [-0.05, 0) is 44.7 Å². The second-order valence-electron chi connectivity index (χ2n) is 5.78. The standard InChI is InChI=1S/C12H24N2O/c1-11(3-6-13-7-4-11)9-14-12(2)5-8-15-10-12/h13-14H,3-10H2,1-2H3. The van der Waals surface area contributed by atoms with E-state index in [0.29, 0.717) is 5.41 Å². The van der Waals surface area contributed by atoms with Crippen LogP contribution in [0, 0.1) is 5.41 Å². The maximum atomic E-state index is 5.46. The van der Waals surface area contributed by atoms with Crippen molar-refractivity contribution in [2.45, 2.75) is 38.6 Å². The van der Waals surface area contributed by atoms with Gasteiger partial charge in [-0.3, -0.25) is 0 Å². The van der Waals surface area contributed by atoms with Crippen LogP contribution in [-0.2, 0) is 4.74 Å². The van der Waals surface area contributed by atoms with Gasteiger partial charge in [0.25, 0.3) is 0 Å². The Morgan fingerprint density at radius 3 is 2.53 bits per heavy atom. The van der Waals surface area contributed by atoms with Crippen molar-refractivity contribution in [2.75, 3.05) is 32.8 Å². The Hall–Kier alpha value is -0.120. The van der Waals surface area contributed by atoms with Gasteiger partial charge in [-0.2, -0.15) is 0 Å². The molecule has 0 aromatic rings. The summed E-state index contributed by atoms with van der Waals surface area (Å²) in [6, 6.07) is 0. The average Bonchev–Trinajstić information content (AvgIpc) is 2.65. The average molecular weight is 212 g/mol. The van der Waals surface area contributed by atoms with Crippen LogP contribution in [-0.4, -0.2) is 38.4 Å². The number of nitrogens with one attached hydrogen (secondary N) is 2. The Kier molecular flexibility index (Phi) is 3.33. The van der Waals surface area contributed by atoms with Crippen LogP contribution in [0.2, 0.25) is 0 Å². The van der Waals surface area contributed by atoms with E-state index in [1.807, 2.05) is 0 Å². The van der Waals surface area contributed by atoms with Crippen LogP contribution in [0.1, 0.15) is 33.1 Å². The molecule has 2 saturated heterocycles. The van der Waals surface area contributed by atoms with E-state index in [4.69, 9.17) is 4.74 Å². The number of piperidine rings is 1. The number of hydrogen-bond donors (Lipinski definition) is 2. The van der Waals surface area contributed by atoms with Crippen molar-refractivity contribution >= 4 is 0 Å². The van der Waals surface area contributed by atoms with Crippen molar-refractivity contribution in [3.8, 4) is 0 Å². The van der Waals surface area contributed by atoms with Crippen LogP contribution in [0.5, 0.6) is 0 Å². The van der Waals surface area contributed by atoms with Crippen LogP contribution in [0.25, 0.3) is 0 Å². The molecule has 1 unspecified atom stereocenters. The summed E-state index contributed by atoms with van der Waals surface area (Å²) in [6.45, 7) is 9.96. The summed E-state index contributed by atoms with van der Waals surface area (Å²) >= 11 is 0. The molecule has 0 spiro atoms. The molecule has 0 aliphatic carbocycles. The molecule has 0 aromatic carbocycles. The Labute approximate surface area is 93.0 Å². The second-order valence-corrected chi connectivity index (χ2v) is 5.78. The van der Waals surface area contributed by atoms with Gasteiger partial charge in [0.15, 0.2) is 0 Å². The summed E-state index contributed by atoms with van der Waals surface area (Å²) in [7, 11) is 0. The van der Waals surface area contributed by atoms with Crippen LogP contribution >= 0.6 is 0 Å². The normalized spacial score (nSPS) is 35.6. The van der Waals surface area contributed by atoms with Crippen molar-refractivity contribution in [3.63, 3.8) is 0 Å². The fourth-order valence-electron chi connectivity index (χ4n) is 2.44. The maximum Gasteiger partial charge on any atom is 0.0646 e. The molecule has 0 radical (unpaired) electrons. The number of hydrogen-bond acceptors (Lipinski definition) is 3. The summed E-state index contributed by atoms with van der Waals surface area (Å²) in [5.41, 5.74) is 0.713. The van der Waals surface area contributed by atoms with Crippen LogP contribution < -0.4 is 10.6 Å². The van der Waals surface area contributed by atoms with E-state index in [9.17, 15) is 0 Å². The largest absolute Gasteiger partial charge is 0.379 e. The lowest BCUT2D eigenvalue weighted by molar-refractivity contribution is 0.153. The zero-order valence-electron chi connectivity index (χ0n) is 10.1. The molecule has 2 aliphatic heterocycles. The molecule has 15 heavy (non-hydrogen) atoms. The van der Waals surface area contributed by atoms with E-state index >= 15 is 0 Å². The first kappa shape index (κ1) is 11.4. The third kappa shape index (κ3) is 2.92. The SMILES string of the molecule is CC1(CNC2(C)CCOC2)CCNCC1. The van der Waals surface area contributed by atoms with Gasteiger partial charge < -0.3 is 15.4 Å². The summed E-state index contributed by atoms with van der Waals surface area (Å²) in [5, 5.41) is 7.14. The third-order valence-electron chi connectivity index (χ3n) is 3.97. The van der Waals surface area contributed by atoms with Gasteiger partial charge in [-0.1, -0.05) is 6.92 Å². The van der Waals surface area contributed by atoms with E-state index in [2.05, 4.69) is 24.5 Å². The first-order chi connectivity index (χ1) is 7.12. The van der Waals surface area contributed by atoms with E-state index in [1.165, 1.54) is 25.9 Å². The topological polar surface area (TPSA) is 33.3 Å². The molecule has 0 aromatic heterocycles. The molecule has 2 N–H and O–H groups in total. The minimum absolute atomic E-state index is 0.230. The zero-order chi connectivity index (χ0) is 10.8. The molecule has 2 aliphatic rings. The molecule has 0 amide bonds. The Morgan fingerprint density at radius 2 is 1.93 bits per heavy atom. The van der Waals surface area contributed by atoms with E-state index in [1.54, 1.807) is 0 Å². The highest BCUT2D eigenvalue weighted by molar-refractivity contribution is 4.91. The molecule has 3 heteroatoms. The minimum atomic E-state index is 0.230. The quantitative estimate of drug-likeness (QED) is 0.736. The zero-order valence-corrected chi connectivity index (χ0v) is 10.1. The first-order valence-electron chi connectivity index (χ1n) is 6.16. The summed E-state index contributed by atoms with van der Waals surface area (Å²) in [6.07, 6.45) is 3.73. The fourth-order valence-corrected chi connectivity index (χ4v) is 2.44. The molecule has 3 nitrogen and oxygen atoms in total. The van der Waals surface area contributed by atoms with E-state index < -0.39 is 0 Å². The van der Waals surface area contributed by atoms with Crippen molar-refractivity contribution < 1.29 is 4.74 Å². The summed E-state index contributed by atoms with van der Waals surface area (Å²) < 4.78 is 5.46. The number of ether oxygens (including phenoxy) is 1. The van der Waals surface area contributed by atoms with Gasteiger partial charge >= 0.3 is 0 Å². The van der Waals surface area contributed by atoms with Gasteiger partial charge in [0.1, 0.15) is 0 Å². The Bertz CT molecular complexity index is 206. The fraction of sp³-hybridized carbons (Fsp3) is 1.00. The maximum absolute atomic E-state index is 5.46. The first-order valence-corrected chi connectivity index (χ1v) is 6.16. The Balaban J connectivity index is 1.80. The lowest BCUT2D eigenvalue weighted by Gasteiger charge is -2.37. The second kappa shape index (κ2) is 4.40. The highest BCUT2D eigenvalue weighted by Gasteiger charge is 2.33. The predicted molar refractivity (Wildman–Crippen MR) is 62.1 cm³/mol. The smallest absolute Gasteiger partial charge is 0.0646 e. The lowest BCUT2D eigenvalue weighted by Crippen LogP contribution is -2.50. The molecule has 0 bridgehead atoms. The molecular weight excluding hydrogens is 188 g/mol. The number of rotatable bonds is 3. The van der Waals surface area contributed by atoms with Crippen molar-refractivity contribution in [3.05, 3.63) is 0 Å². The molecule has 1 atom stereocenters. The monoisotopic (exact) mass is 212 g/mol. The van der Waals surface area contributed by atoms with Gasteiger partial charge in [-0.15, -0.1) is 0 Å². The lowest BCUT2D eigenvalue weighted by atomic mass is 9.80. The molecule has 2 heterocycles. The highest BCUT2D eigenvalue weighted by atomic mass is 16.5. The van der Waals surface area contributed by atoms with Gasteiger partial charge in [0, 0.05) is 18.7 Å². The predicted octanol–water partition coefficient (Wildman–Crippen LogP) is 1.14. The molecule has 2 fully saturated rings. The third-order valence-corrected chi connectivity index (χ3v) is 3.97. The van der Waals surface area contributed by atoms with E-state index in [0.717, 1.165) is 26.2 Å². The molecule has 2 rings (SSSR count). The van der Waals surface area contributed by atoms with Crippen molar-refractivity contribution in [1.29, 1.82) is 0 Å². The Morgan fingerprint density at radius 1 is 1.20 bits per heavy atom. The minimum Gasteiger partial charge on any atom is -0.379 e. The van der Waals surface area contributed by atoms with Gasteiger partial charge in [0.05, 0.1) is 6.61 Å². The molecule has 88 valence electrons. The van der Waals surface area contributed by atoms with Gasteiger partial charge in [0.2, 0.25) is 0 Å². The summed E-state index contributed by atoms with van der Waals surface area (Å²) in [5.74, 6) is 0. The van der Waals surface area contributed by atoms with Gasteiger partial charge in [-0.25, -0.2) is 0 Å². The van der Waals surface area contributed by atoms with Crippen LogP contribution in [0.15, 0.2) is 0 Å². The van der Waals surface area contributed by atoms with E-state index in [-0.39, 0.29) is 5.54 Å². The molecule has 0 saturated carbocycles. The molecular formula is C12H24N2O. The summed E-state index contributed by atoms with van der Waals surface area (Å²) in [4.78, 5) is 0. The van der Waals surface area contributed by atoms with Crippen molar-refractivity contribution in [2.24, 2.45) is 5.41 Å². The van der Waals surface area contributed by atoms with Crippen LogP contribution in [0.3, 0.4) is 0 Å². The highest BCUT2D eigenvalue weighted by Crippen LogP contribution is 2.28.